The number of benzene rings is 4. The van der Waals surface area contributed by atoms with E-state index in [4.69, 9.17) is 19.4 Å². The molecule has 6 aromatic rings. The number of likely N-dealkylation sites (N-methyl/N-ethyl adjacent to an activating group) is 1. The Balaban J connectivity index is 0.874. The number of rotatable bonds is 13. The number of carboxylic acid groups (broad SMARTS) is 1. The van der Waals surface area contributed by atoms with Crippen molar-refractivity contribution in [1.82, 2.24) is 40.0 Å². The topological polar surface area (TPSA) is 186 Å². The molecule has 4 amide bonds. The van der Waals surface area contributed by atoms with E-state index in [1.54, 1.807) is 34.1 Å². The van der Waals surface area contributed by atoms with Crippen molar-refractivity contribution >= 4 is 24.0 Å². The molecule has 4 N–H and O–H groups in total. The number of likely N-dealkylation sites (tertiary alicyclic amines) is 2. The molecule has 2 aliphatic rings. The Morgan fingerprint density at radius 3 is 1.79 bits per heavy atom. The number of carbonyl (C=O) groups is 4. The van der Waals surface area contributed by atoms with Gasteiger partial charge in [-0.1, -0.05) is 84.9 Å². The maximum Gasteiger partial charge on any atom is 0.407 e. The van der Waals surface area contributed by atoms with Gasteiger partial charge in [-0.15, -0.1) is 0 Å². The summed E-state index contributed by atoms with van der Waals surface area (Å²) in [4.78, 5) is 72.9. The Kier molecular flexibility index (Phi) is 12.3. The van der Waals surface area contributed by atoms with Crippen LogP contribution in [-0.4, -0.2) is 91.0 Å². The van der Waals surface area contributed by atoms with E-state index in [9.17, 15) is 24.3 Å². The van der Waals surface area contributed by atoms with Crippen molar-refractivity contribution in [2.24, 2.45) is 0 Å². The molecule has 2 fully saturated rings. The molecule has 2 aromatic heterocycles. The normalized spacial score (nSPS) is 17.0. The molecular formula is C47H48N8O7. The van der Waals surface area contributed by atoms with E-state index < -0.39 is 24.3 Å². The summed E-state index contributed by atoms with van der Waals surface area (Å²) in [7, 11) is 2.70. The van der Waals surface area contributed by atoms with E-state index >= 15 is 0 Å². The lowest BCUT2D eigenvalue weighted by molar-refractivity contribution is -0.137. The smallest absolute Gasteiger partial charge is 0.407 e. The third-order valence-corrected chi connectivity index (χ3v) is 11.6. The number of alkyl carbamates (subject to hydrolysis) is 1. The van der Waals surface area contributed by atoms with Crippen LogP contribution in [0.25, 0.3) is 22.5 Å². The van der Waals surface area contributed by atoms with Crippen molar-refractivity contribution in [3.05, 3.63) is 150 Å². The number of hydrogen-bond donors (Lipinski definition) is 4. The van der Waals surface area contributed by atoms with E-state index in [-0.39, 0.29) is 23.9 Å². The maximum absolute atomic E-state index is 13.9. The van der Waals surface area contributed by atoms with Crippen LogP contribution in [0.2, 0.25) is 0 Å². The van der Waals surface area contributed by atoms with Crippen LogP contribution in [0.15, 0.2) is 122 Å². The Morgan fingerprint density at radius 2 is 1.26 bits per heavy atom. The second-order valence-corrected chi connectivity index (χ2v) is 15.4. The number of ether oxygens (including phenoxy) is 2. The number of H-pyrrole nitrogens is 2. The van der Waals surface area contributed by atoms with Gasteiger partial charge < -0.3 is 39.7 Å². The number of aromatic amines is 2. The molecule has 15 heteroatoms. The van der Waals surface area contributed by atoms with E-state index in [2.05, 4.69) is 15.3 Å². The van der Waals surface area contributed by atoms with Crippen LogP contribution in [0, 0.1) is 0 Å². The minimum absolute atomic E-state index is 0.222. The third kappa shape index (κ3) is 8.87. The summed E-state index contributed by atoms with van der Waals surface area (Å²) in [5, 5.41) is 12.5. The van der Waals surface area contributed by atoms with Crippen LogP contribution in [0.4, 0.5) is 9.59 Å². The van der Waals surface area contributed by atoms with E-state index in [0.29, 0.717) is 54.6 Å². The highest BCUT2D eigenvalue weighted by Gasteiger charge is 2.40. The Morgan fingerprint density at radius 1 is 0.742 bits per heavy atom. The fraction of sp³-hybridized carbons (Fsp3) is 0.277. The molecule has 0 spiro atoms. The molecule has 15 nitrogen and oxygen atoms in total. The van der Waals surface area contributed by atoms with Crippen molar-refractivity contribution < 1.29 is 33.8 Å². The molecule has 2 aliphatic heterocycles. The average Bonchev–Trinajstić information content (AvgIpc) is 4.16. The summed E-state index contributed by atoms with van der Waals surface area (Å²) in [6.45, 7) is 1.41. The zero-order valence-corrected chi connectivity index (χ0v) is 34.4. The van der Waals surface area contributed by atoms with Gasteiger partial charge in [0.15, 0.2) is 0 Å². The SMILES string of the molecule is COC(=O)N[C@@H](C(=O)N1CCC[C@H]1c1nc(-c2ccc(COc3ccc(-c4c[nH]c([C@@H]5CCCN5C(=O)[C@@H](c5ccccc5)N(C)C(=O)O)n4)cc3)cc2)c[nH]1)c1ccccc1. The second kappa shape index (κ2) is 18.5. The average molecular weight is 837 g/mol. The van der Waals surface area contributed by atoms with Crippen molar-refractivity contribution in [3.8, 4) is 28.3 Å². The predicted octanol–water partition coefficient (Wildman–Crippen LogP) is 7.82. The molecule has 4 aromatic carbocycles. The molecule has 0 aliphatic carbocycles. The van der Waals surface area contributed by atoms with E-state index in [1.165, 1.54) is 14.2 Å². The van der Waals surface area contributed by atoms with Crippen molar-refractivity contribution in [1.29, 1.82) is 0 Å². The van der Waals surface area contributed by atoms with Gasteiger partial charge in [-0.25, -0.2) is 19.6 Å². The first-order valence-corrected chi connectivity index (χ1v) is 20.6. The third-order valence-electron chi connectivity index (χ3n) is 11.6. The number of nitrogens with one attached hydrogen (secondary N) is 3. The summed E-state index contributed by atoms with van der Waals surface area (Å²) in [5.41, 5.74) is 5.54. The molecule has 4 atom stereocenters. The van der Waals surface area contributed by atoms with Gasteiger partial charge in [0.05, 0.1) is 30.6 Å². The van der Waals surface area contributed by atoms with Gasteiger partial charge in [0, 0.05) is 43.7 Å². The fourth-order valence-corrected chi connectivity index (χ4v) is 8.31. The van der Waals surface area contributed by atoms with Crippen LogP contribution in [0.3, 0.4) is 0 Å². The van der Waals surface area contributed by atoms with Crippen molar-refractivity contribution in [2.45, 2.75) is 56.5 Å². The first-order chi connectivity index (χ1) is 30.2. The summed E-state index contributed by atoms with van der Waals surface area (Å²) >= 11 is 0. The lowest BCUT2D eigenvalue weighted by Crippen LogP contribution is -2.43. The Labute approximate surface area is 358 Å². The second-order valence-electron chi connectivity index (χ2n) is 15.4. The van der Waals surface area contributed by atoms with Crippen molar-refractivity contribution in [3.63, 3.8) is 0 Å². The van der Waals surface area contributed by atoms with Crippen LogP contribution in [0.5, 0.6) is 5.75 Å². The Hall–Kier alpha value is -7.42. The minimum Gasteiger partial charge on any atom is -0.489 e. The summed E-state index contributed by atoms with van der Waals surface area (Å²) in [6.07, 6.45) is 4.86. The first kappa shape index (κ1) is 41.3. The molecule has 2 saturated heterocycles. The zero-order valence-electron chi connectivity index (χ0n) is 34.4. The molecule has 0 unspecified atom stereocenters. The van der Waals surface area contributed by atoms with Gasteiger partial charge in [-0.05, 0) is 66.6 Å². The molecule has 4 heterocycles. The molecule has 0 radical (unpaired) electrons. The number of imidazole rings is 2. The molecule has 0 saturated carbocycles. The van der Waals surface area contributed by atoms with Gasteiger partial charge in [-0.2, -0.15) is 0 Å². The van der Waals surface area contributed by atoms with Crippen LogP contribution in [-0.2, 0) is 20.9 Å². The van der Waals surface area contributed by atoms with Gasteiger partial charge in [0.2, 0.25) is 0 Å². The lowest BCUT2D eigenvalue weighted by Gasteiger charge is -2.32. The minimum atomic E-state index is -1.18. The molecule has 318 valence electrons. The molecule has 62 heavy (non-hydrogen) atoms. The first-order valence-electron chi connectivity index (χ1n) is 20.6. The number of aromatic nitrogens is 4. The van der Waals surface area contributed by atoms with Gasteiger partial charge >= 0.3 is 12.2 Å². The van der Waals surface area contributed by atoms with Gasteiger partial charge in [0.1, 0.15) is 36.1 Å². The highest BCUT2D eigenvalue weighted by molar-refractivity contribution is 5.88. The predicted molar refractivity (Wildman–Crippen MR) is 229 cm³/mol. The number of hydrogen-bond acceptors (Lipinski definition) is 8. The Bertz CT molecular complexity index is 2490. The van der Waals surface area contributed by atoms with Crippen LogP contribution in [0.1, 0.15) is 78.2 Å². The lowest BCUT2D eigenvalue weighted by atomic mass is 10.0. The zero-order chi connectivity index (χ0) is 43.2. The molecular weight excluding hydrogens is 789 g/mol. The van der Waals surface area contributed by atoms with Crippen LogP contribution < -0.4 is 10.1 Å². The summed E-state index contributed by atoms with van der Waals surface area (Å²) in [5.74, 6) is 1.54. The maximum atomic E-state index is 13.9. The van der Waals surface area contributed by atoms with Gasteiger partial charge in [-0.3, -0.25) is 14.5 Å². The van der Waals surface area contributed by atoms with E-state index in [0.717, 1.165) is 52.2 Å². The standard InChI is InChI=1S/C47H48N8O7/c1-53(47(59)60)41(34-13-7-4-8-14-34)45(57)55-26-10-16-39(55)43-49-28-37(51-43)32-21-23-35(24-22-32)62-29-30-17-19-31(20-18-30)36-27-48-42(50-36)38-15-9-25-54(38)44(56)40(52-46(58)61-2)33-11-5-3-6-12-33/h3-8,11-14,17-24,27-28,38-41H,9-10,15-16,25-26,29H2,1-2H3,(H,48,50)(H,49,51)(H,52,58)(H,59,60)/t38-,39-,40+,41+/m0/s1. The number of nitrogens with zero attached hydrogens (tertiary/aromatic N) is 5. The number of amides is 4. The fourth-order valence-electron chi connectivity index (χ4n) is 8.31. The quantitative estimate of drug-likeness (QED) is 0.0900. The number of carbonyl (C=O) groups excluding carboxylic acids is 3. The largest absolute Gasteiger partial charge is 0.489 e. The van der Waals surface area contributed by atoms with Gasteiger partial charge in [0.25, 0.3) is 11.8 Å². The summed E-state index contributed by atoms with van der Waals surface area (Å²) < 4.78 is 10.9. The highest BCUT2D eigenvalue weighted by atomic mass is 16.5. The molecule has 8 rings (SSSR count). The van der Waals surface area contributed by atoms with Crippen molar-refractivity contribution in [2.75, 3.05) is 27.2 Å². The van der Waals surface area contributed by atoms with E-state index in [1.807, 2.05) is 97.3 Å². The highest BCUT2D eigenvalue weighted by Crippen LogP contribution is 2.37. The summed E-state index contributed by atoms with van der Waals surface area (Å²) in [6, 6.07) is 31.3. The van der Waals surface area contributed by atoms with Crippen LogP contribution >= 0.6 is 0 Å². The monoisotopic (exact) mass is 836 g/mol. The number of methoxy groups -OCH3 is 1. The molecule has 0 bridgehead atoms.